The van der Waals surface area contributed by atoms with E-state index in [2.05, 4.69) is 10.5 Å². The van der Waals surface area contributed by atoms with E-state index in [1.807, 2.05) is 0 Å². The van der Waals surface area contributed by atoms with Gasteiger partial charge in [0.1, 0.15) is 11.3 Å². The molecule has 1 atom stereocenters. The van der Waals surface area contributed by atoms with Gasteiger partial charge in [0.15, 0.2) is 0 Å². The molecule has 1 fully saturated rings. The minimum absolute atomic E-state index is 0.133. The normalized spacial score (nSPS) is 20.0. The van der Waals surface area contributed by atoms with E-state index >= 15 is 0 Å². The second-order valence-corrected chi connectivity index (χ2v) is 4.04. The molecule has 88 valence electrons. The molecule has 16 heavy (non-hydrogen) atoms. The molecule has 0 bridgehead atoms. The van der Waals surface area contributed by atoms with E-state index in [4.69, 9.17) is 9.26 Å². The van der Waals surface area contributed by atoms with Crippen LogP contribution in [-0.4, -0.2) is 30.3 Å². The number of hydrogen-bond acceptors (Lipinski definition) is 4. The smallest absolute Gasteiger partial charge is 0.256 e. The highest BCUT2D eigenvalue weighted by molar-refractivity contribution is 5.96. The lowest BCUT2D eigenvalue weighted by atomic mass is 10.2. The van der Waals surface area contributed by atoms with Crippen molar-refractivity contribution in [3.05, 3.63) is 17.0 Å². The lowest BCUT2D eigenvalue weighted by Crippen LogP contribution is -2.32. The van der Waals surface area contributed by atoms with E-state index in [1.165, 1.54) is 0 Å². The van der Waals surface area contributed by atoms with Crippen LogP contribution in [0, 0.1) is 13.8 Å². The molecule has 1 aliphatic heterocycles. The molecule has 2 rings (SSSR count). The van der Waals surface area contributed by atoms with Crippen LogP contribution < -0.4 is 5.32 Å². The van der Waals surface area contributed by atoms with Crippen molar-refractivity contribution in [1.82, 2.24) is 10.5 Å². The Labute approximate surface area is 94.1 Å². The van der Waals surface area contributed by atoms with Crippen LogP contribution in [0.3, 0.4) is 0 Å². The fourth-order valence-electron chi connectivity index (χ4n) is 1.91. The van der Waals surface area contributed by atoms with Gasteiger partial charge in [-0.3, -0.25) is 4.79 Å². The second kappa shape index (κ2) is 4.65. The number of hydrogen-bond donors (Lipinski definition) is 1. The molecule has 2 heterocycles. The van der Waals surface area contributed by atoms with Crippen LogP contribution in [0.1, 0.15) is 34.7 Å². The monoisotopic (exact) mass is 224 g/mol. The van der Waals surface area contributed by atoms with Crippen LogP contribution in [0.25, 0.3) is 0 Å². The van der Waals surface area contributed by atoms with E-state index in [1.54, 1.807) is 13.8 Å². The van der Waals surface area contributed by atoms with Gasteiger partial charge in [0.05, 0.1) is 11.8 Å². The van der Waals surface area contributed by atoms with Crippen LogP contribution in [0.15, 0.2) is 4.52 Å². The number of amides is 1. The highest BCUT2D eigenvalue weighted by Crippen LogP contribution is 2.13. The van der Waals surface area contributed by atoms with E-state index in [0.29, 0.717) is 23.6 Å². The van der Waals surface area contributed by atoms with E-state index in [-0.39, 0.29) is 12.0 Å². The van der Waals surface area contributed by atoms with Gasteiger partial charge in [-0.25, -0.2) is 0 Å². The molecule has 5 nitrogen and oxygen atoms in total. The van der Waals surface area contributed by atoms with Crippen LogP contribution in [0.4, 0.5) is 0 Å². The summed E-state index contributed by atoms with van der Waals surface area (Å²) < 4.78 is 10.4. The van der Waals surface area contributed by atoms with E-state index in [0.717, 1.165) is 19.4 Å². The largest absolute Gasteiger partial charge is 0.376 e. The van der Waals surface area contributed by atoms with Crippen LogP contribution in [-0.2, 0) is 4.74 Å². The maximum atomic E-state index is 11.8. The maximum absolute atomic E-state index is 11.8. The molecule has 1 aromatic rings. The molecule has 5 heteroatoms. The molecular formula is C11H16N2O3. The Bertz CT molecular complexity index is 361. The Morgan fingerprint density at radius 3 is 2.94 bits per heavy atom. The molecule has 1 N–H and O–H groups in total. The number of rotatable bonds is 3. The Hall–Kier alpha value is -1.36. The molecule has 0 aromatic carbocycles. The minimum Gasteiger partial charge on any atom is -0.376 e. The van der Waals surface area contributed by atoms with Crippen molar-refractivity contribution >= 4 is 5.91 Å². The second-order valence-electron chi connectivity index (χ2n) is 4.04. The number of nitrogens with zero attached hydrogens (tertiary/aromatic N) is 1. The summed E-state index contributed by atoms with van der Waals surface area (Å²) in [5.74, 6) is 0.425. The molecular weight excluding hydrogens is 208 g/mol. The SMILES string of the molecule is Cc1noc(C)c1C(=O)NCC1CCCO1. The Balaban J connectivity index is 1.92. The lowest BCUT2D eigenvalue weighted by Gasteiger charge is -2.10. The summed E-state index contributed by atoms with van der Waals surface area (Å²) in [6.07, 6.45) is 2.25. The van der Waals surface area contributed by atoms with Crippen LogP contribution in [0.5, 0.6) is 0 Å². The van der Waals surface area contributed by atoms with E-state index < -0.39 is 0 Å². The molecule has 1 unspecified atom stereocenters. The first-order valence-electron chi connectivity index (χ1n) is 5.51. The van der Waals surface area contributed by atoms with Crippen molar-refractivity contribution in [2.45, 2.75) is 32.8 Å². The van der Waals surface area contributed by atoms with Gasteiger partial charge in [-0.15, -0.1) is 0 Å². The average molecular weight is 224 g/mol. The molecule has 0 spiro atoms. The van der Waals surface area contributed by atoms with Crippen molar-refractivity contribution in [3.8, 4) is 0 Å². The molecule has 0 aliphatic carbocycles. The van der Waals surface area contributed by atoms with Crippen molar-refractivity contribution in [2.24, 2.45) is 0 Å². The number of carbonyl (C=O) groups is 1. The standard InChI is InChI=1S/C11H16N2O3/c1-7-10(8(2)16-13-7)11(14)12-6-9-4-3-5-15-9/h9H,3-6H2,1-2H3,(H,12,14). The lowest BCUT2D eigenvalue weighted by molar-refractivity contribution is 0.0856. The van der Waals surface area contributed by atoms with Gasteiger partial charge in [-0.05, 0) is 26.7 Å². The van der Waals surface area contributed by atoms with Gasteiger partial charge in [0, 0.05) is 13.2 Å². The molecule has 1 aliphatic rings. The Morgan fingerprint density at radius 1 is 1.56 bits per heavy atom. The van der Waals surface area contributed by atoms with Crippen LogP contribution in [0.2, 0.25) is 0 Å². The third kappa shape index (κ3) is 2.24. The summed E-state index contributed by atoms with van der Waals surface area (Å²) in [7, 11) is 0. The number of aryl methyl sites for hydroxylation is 2. The fourth-order valence-corrected chi connectivity index (χ4v) is 1.91. The van der Waals surface area contributed by atoms with Gasteiger partial charge in [0.25, 0.3) is 5.91 Å². The summed E-state index contributed by atoms with van der Waals surface area (Å²) in [5, 5.41) is 6.59. The molecule has 1 amide bonds. The maximum Gasteiger partial charge on any atom is 0.256 e. The predicted octanol–water partition coefficient (Wildman–Crippen LogP) is 1.20. The zero-order valence-electron chi connectivity index (χ0n) is 9.58. The molecule has 0 saturated carbocycles. The first-order valence-corrected chi connectivity index (χ1v) is 5.51. The first-order chi connectivity index (χ1) is 7.68. The summed E-state index contributed by atoms with van der Waals surface area (Å²) in [4.78, 5) is 11.8. The molecule has 1 aromatic heterocycles. The average Bonchev–Trinajstić information content (AvgIpc) is 2.86. The summed E-state index contributed by atoms with van der Waals surface area (Å²) in [5.41, 5.74) is 1.17. The van der Waals surface area contributed by atoms with Gasteiger partial charge in [-0.1, -0.05) is 5.16 Å². The third-order valence-electron chi connectivity index (χ3n) is 2.77. The van der Waals surface area contributed by atoms with Gasteiger partial charge in [-0.2, -0.15) is 0 Å². The van der Waals surface area contributed by atoms with Gasteiger partial charge in [0.2, 0.25) is 0 Å². The number of aromatic nitrogens is 1. The molecule has 1 saturated heterocycles. The fraction of sp³-hybridized carbons (Fsp3) is 0.636. The molecule has 0 radical (unpaired) electrons. The topological polar surface area (TPSA) is 64.4 Å². The van der Waals surface area contributed by atoms with Gasteiger partial charge >= 0.3 is 0 Å². The first kappa shape index (κ1) is 11.1. The van der Waals surface area contributed by atoms with Crippen molar-refractivity contribution in [1.29, 1.82) is 0 Å². The number of ether oxygens (including phenoxy) is 1. The Morgan fingerprint density at radius 2 is 2.38 bits per heavy atom. The van der Waals surface area contributed by atoms with Gasteiger partial charge < -0.3 is 14.6 Å². The number of carbonyl (C=O) groups excluding carboxylic acids is 1. The number of nitrogens with one attached hydrogen (secondary N) is 1. The third-order valence-corrected chi connectivity index (χ3v) is 2.77. The van der Waals surface area contributed by atoms with Crippen LogP contribution >= 0.6 is 0 Å². The highest BCUT2D eigenvalue weighted by atomic mass is 16.5. The Kier molecular flexibility index (Phi) is 3.24. The minimum atomic E-state index is -0.133. The quantitative estimate of drug-likeness (QED) is 0.837. The van der Waals surface area contributed by atoms with Crippen molar-refractivity contribution in [2.75, 3.05) is 13.2 Å². The predicted molar refractivity (Wildman–Crippen MR) is 57.3 cm³/mol. The van der Waals surface area contributed by atoms with E-state index in [9.17, 15) is 4.79 Å². The van der Waals surface area contributed by atoms with Crippen molar-refractivity contribution < 1.29 is 14.1 Å². The summed E-state index contributed by atoms with van der Waals surface area (Å²) >= 11 is 0. The summed E-state index contributed by atoms with van der Waals surface area (Å²) in [6, 6.07) is 0. The summed E-state index contributed by atoms with van der Waals surface area (Å²) in [6.45, 7) is 4.85. The van der Waals surface area contributed by atoms with Crippen molar-refractivity contribution in [3.63, 3.8) is 0 Å². The zero-order valence-corrected chi connectivity index (χ0v) is 9.58. The zero-order chi connectivity index (χ0) is 11.5. The highest BCUT2D eigenvalue weighted by Gasteiger charge is 2.20.